The normalized spacial score (nSPS) is 17.4. The molecule has 1 heterocycles. The fourth-order valence-corrected chi connectivity index (χ4v) is 4.28. The van der Waals surface area contributed by atoms with Gasteiger partial charge in [0.15, 0.2) is 0 Å². The summed E-state index contributed by atoms with van der Waals surface area (Å²) in [6.07, 6.45) is -0.445. The van der Waals surface area contributed by atoms with Crippen LogP contribution in [0.3, 0.4) is 0 Å². The number of amides is 1. The van der Waals surface area contributed by atoms with Gasteiger partial charge in [-0.3, -0.25) is 9.69 Å². The molecule has 0 radical (unpaired) electrons. The summed E-state index contributed by atoms with van der Waals surface area (Å²) < 4.78 is 0. The SMILES string of the molecule is C/C(=N\N1C(=O)CN(Cc2ccccc2)C1c1ccc(Cl)cc1Cl)c1ccc(Cl)cc1. The van der Waals surface area contributed by atoms with Crippen molar-refractivity contribution in [2.45, 2.75) is 19.6 Å². The quantitative estimate of drug-likeness (QED) is 0.402. The van der Waals surface area contributed by atoms with Crippen LogP contribution in [0.5, 0.6) is 0 Å². The number of carbonyl (C=O) groups is 1. The smallest absolute Gasteiger partial charge is 0.258 e. The first-order chi connectivity index (χ1) is 14.9. The van der Waals surface area contributed by atoms with E-state index in [2.05, 4.69) is 4.90 Å². The second-order valence-electron chi connectivity index (χ2n) is 7.36. The number of benzene rings is 3. The molecule has 0 aliphatic carbocycles. The van der Waals surface area contributed by atoms with E-state index in [-0.39, 0.29) is 12.5 Å². The fourth-order valence-electron chi connectivity index (χ4n) is 3.64. The molecule has 7 heteroatoms. The molecule has 1 amide bonds. The summed E-state index contributed by atoms with van der Waals surface area (Å²) in [5.74, 6) is -0.0970. The third-order valence-corrected chi connectivity index (χ3v) is 5.97. The number of halogens is 3. The first-order valence-electron chi connectivity index (χ1n) is 9.78. The van der Waals surface area contributed by atoms with Gasteiger partial charge in [0, 0.05) is 27.2 Å². The van der Waals surface area contributed by atoms with Crippen LogP contribution in [-0.4, -0.2) is 28.1 Å². The highest BCUT2D eigenvalue weighted by molar-refractivity contribution is 6.35. The molecule has 1 aliphatic rings. The van der Waals surface area contributed by atoms with Gasteiger partial charge in [-0.15, -0.1) is 0 Å². The van der Waals surface area contributed by atoms with Crippen LogP contribution in [0.2, 0.25) is 15.1 Å². The number of carbonyl (C=O) groups excluding carboxylic acids is 1. The van der Waals surface area contributed by atoms with E-state index in [1.54, 1.807) is 24.3 Å². The summed E-state index contributed by atoms with van der Waals surface area (Å²) in [5, 5.41) is 7.89. The van der Waals surface area contributed by atoms with E-state index in [4.69, 9.17) is 39.9 Å². The predicted octanol–water partition coefficient (Wildman–Crippen LogP) is 6.41. The van der Waals surface area contributed by atoms with E-state index in [0.717, 1.165) is 16.7 Å². The minimum Gasteiger partial charge on any atom is -0.271 e. The Labute approximate surface area is 196 Å². The number of rotatable bonds is 5. The van der Waals surface area contributed by atoms with Gasteiger partial charge in [-0.25, -0.2) is 5.01 Å². The summed E-state index contributed by atoms with van der Waals surface area (Å²) in [6.45, 7) is 2.69. The van der Waals surface area contributed by atoms with Gasteiger partial charge < -0.3 is 0 Å². The molecule has 3 aromatic rings. The maximum absolute atomic E-state index is 13.0. The molecule has 0 N–H and O–H groups in total. The van der Waals surface area contributed by atoms with Crippen LogP contribution >= 0.6 is 34.8 Å². The molecule has 4 rings (SSSR count). The van der Waals surface area contributed by atoms with E-state index in [1.807, 2.05) is 55.5 Å². The van der Waals surface area contributed by atoms with Crippen LogP contribution < -0.4 is 0 Å². The van der Waals surface area contributed by atoms with Crippen molar-refractivity contribution < 1.29 is 4.79 Å². The third kappa shape index (κ3) is 4.94. The lowest BCUT2D eigenvalue weighted by atomic mass is 10.1. The summed E-state index contributed by atoms with van der Waals surface area (Å²) in [5.41, 5.74) is 3.48. The summed E-state index contributed by atoms with van der Waals surface area (Å²) in [7, 11) is 0. The van der Waals surface area contributed by atoms with Crippen LogP contribution in [0.1, 0.15) is 29.8 Å². The molecule has 1 unspecified atom stereocenters. The third-order valence-electron chi connectivity index (χ3n) is 5.16. The van der Waals surface area contributed by atoms with Crippen LogP contribution in [-0.2, 0) is 11.3 Å². The molecule has 31 heavy (non-hydrogen) atoms. The van der Waals surface area contributed by atoms with E-state index >= 15 is 0 Å². The largest absolute Gasteiger partial charge is 0.271 e. The molecule has 3 aromatic carbocycles. The molecule has 158 valence electrons. The molecule has 4 nitrogen and oxygen atoms in total. The molecule has 0 bridgehead atoms. The van der Waals surface area contributed by atoms with E-state index < -0.39 is 6.17 Å². The van der Waals surface area contributed by atoms with E-state index in [1.165, 1.54) is 5.01 Å². The maximum Gasteiger partial charge on any atom is 0.258 e. The Morgan fingerprint density at radius 1 is 0.968 bits per heavy atom. The highest BCUT2D eigenvalue weighted by atomic mass is 35.5. The number of hydrogen-bond acceptors (Lipinski definition) is 3. The number of hydrogen-bond donors (Lipinski definition) is 0. The Hall–Kier alpha value is -2.37. The van der Waals surface area contributed by atoms with Gasteiger partial charge in [0.1, 0.15) is 6.17 Å². The van der Waals surface area contributed by atoms with Gasteiger partial charge in [-0.05, 0) is 42.3 Å². The lowest BCUT2D eigenvalue weighted by Crippen LogP contribution is -2.29. The average Bonchev–Trinajstić information content (AvgIpc) is 3.04. The second kappa shape index (κ2) is 9.41. The van der Waals surface area contributed by atoms with Crippen molar-refractivity contribution in [3.8, 4) is 0 Å². The first kappa shape index (κ1) is 21.8. The van der Waals surface area contributed by atoms with Crippen molar-refractivity contribution in [3.05, 3.63) is 105 Å². The Bertz CT molecular complexity index is 1120. The topological polar surface area (TPSA) is 35.9 Å². The van der Waals surface area contributed by atoms with Crippen LogP contribution in [0, 0.1) is 0 Å². The highest BCUT2D eigenvalue weighted by Gasteiger charge is 2.40. The van der Waals surface area contributed by atoms with Crippen molar-refractivity contribution in [1.29, 1.82) is 0 Å². The molecular formula is C24H20Cl3N3O. The highest BCUT2D eigenvalue weighted by Crippen LogP contribution is 2.37. The van der Waals surface area contributed by atoms with Gasteiger partial charge in [-0.1, -0.05) is 83.3 Å². The van der Waals surface area contributed by atoms with Gasteiger partial charge in [0.25, 0.3) is 5.91 Å². The zero-order valence-corrected chi connectivity index (χ0v) is 19.1. The molecule has 1 fully saturated rings. The zero-order chi connectivity index (χ0) is 22.0. The molecule has 0 saturated carbocycles. The lowest BCUT2D eigenvalue weighted by molar-refractivity contribution is -0.128. The van der Waals surface area contributed by atoms with Gasteiger partial charge >= 0.3 is 0 Å². The van der Waals surface area contributed by atoms with Crippen molar-refractivity contribution in [1.82, 2.24) is 9.91 Å². The minimum absolute atomic E-state index is 0.0970. The molecule has 0 aromatic heterocycles. The summed E-state index contributed by atoms with van der Waals surface area (Å²) >= 11 is 18.7. The molecule has 1 aliphatic heterocycles. The van der Waals surface area contributed by atoms with Crippen LogP contribution in [0.15, 0.2) is 77.9 Å². The van der Waals surface area contributed by atoms with E-state index in [0.29, 0.717) is 27.3 Å². The number of nitrogens with zero attached hydrogens (tertiary/aromatic N) is 3. The van der Waals surface area contributed by atoms with Crippen molar-refractivity contribution in [2.75, 3.05) is 6.54 Å². The van der Waals surface area contributed by atoms with E-state index in [9.17, 15) is 4.79 Å². The molecular weight excluding hydrogens is 453 g/mol. The Morgan fingerprint density at radius 2 is 1.65 bits per heavy atom. The Balaban J connectivity index is 1.73. The van der Waals surface area contributed by atoms with Crippen molar-refractivity contribution in [2.24, 2.45) is 5.10 Å². The average molecular weight is 473 g/mol. The Kier molecular flexibility index (Phi) is 6.63. The maximum atomic E-state index is 13.0. The molecule has 0 spiro atoms. The fraction of sp³-hybridized carbons (Fsp3) is 0.167. The second-order valence-corrected chi connectivity index (χ2v) is 8.64. The molecule has 1 saturated heterocycles. The minimum atomic E-state index is -0.445. The number of hydrazone groups is 1. The predicted molar refractivity (Wildman–Crippen MR) is 127 cm³/mol. The summed E-state index contributed by atoms with van der Waals surface area (Å²) in [4.78, 5) is 15.1. The van der Waals surface area contributed by atoms with Crippen LogP contribution in [0.25, 0.3) is 0 Å². The van der Waals surface area contributed by atoms with Crippen LogP contribution in [0.4, 0.5) is 0 Å². The van der Waals surface area contributed by atoms with Gasteiger partial charge in [0.05, 0.1) is 12.3 Å². The van der Waals surface area contributed by atoms with Crippen molar-refractivity contribution >= 4 is 46.4 Å². The van der Waals surface area contributed by atoms with Crippen molar-refractivity contribution in [3.63, 3.8) is 0 Å². The lowest BCUT2D eigenvalue weighted by Gasteiger charge is -2.28. The van der Waals surface area contributed by atoms with Gasteiger partial charge in [0.2, 0.25) is 0 Å². The molecule has 1 atom stereocenters. The Morgan fingerprint density at radius 3 is 2.32 bits per heavy atom. The zero-order valence-electron chi connectivity index (χ0n) is 16.8. The monoisotopic (exact) mass is 471 g/mol. The first-order valence-corrected chi connectivity index (χ1v) is 10.9. The van der Waals surface area contributed by atoms with Gasteiger partial charge in [-0.2, -0.15) is 5.10 Å². The summed E-state index contributed by atoms with van der Waals surface area (Å²) in [6, 6.07) is 22.7. The standard InChI is InChI=1S/C24H20Cl3N3O/c1-16(18-7-9-19(25)10-8-18)28-30-23(31)15-29(14-17-5-3-2-4-6-17)24(30)21-12-11-20(26)13-22(21)27/h2-13,24H,14-15H2,1H3/b28-16+.